The van der Waals surface area contributed by atoms with Crippen LogP contribution in [0.2, 0.25) is 0 Å². The molecule has 5 nitrogen and oxygen atoms in total. The van der Waals surface area contributed by atoms with Crippen LogP contribution in [0.25, 0.3) is 0 Å². The van der Waals surface area contributed by atoms with E-state index in [2.05, 4.69) is 12.1 Å². The monoisotopic (exact) mass is 296 g/mol. The highest BCUT2D eigenvalue weighted by Crippen LogP contribution is 2.29. The second-order valence-electron chi connectivity index (χ2n) is 5.42. The van der Waals surface area contributed by atoms with Gasteiger partial charge in [0.15, 0.2) is 0 Å². The van der Waals surface area contributed by atoms with E-state index in [1.54, 1.807) is 17.0 Å². The molecule has 0 N–H and O–H groups in total. The first kappa shape index (κ1) is 14.3. The summed E-state index contributed by atoms with van der Waals surface area (Å²) in [6.45, 7) is 1.24. The van der Waals surface area contributed by atoms with E-state index in [0.29, 0.717) is 19.0 Å². The number of likely N-dealkylation sites (tertiary alicyclic amines) is 1. The largest absolute Gasteiger partial charge is 0.338 e. The number of hydrogen-bond donors (Lipinski definition) is 0. The van der Waals surface area contributed by atoms with Crippen LogP contribution in [0.15, 0.2) is 54.6 Å². The fourth-order valence-corrected chi connectivity index (χ4v) is 2.93. The maximum absolute atomic E-state index is 12.6. The zero-order chi connectivity index (χ0) is 15.5. The van der Waals surface area contributed by atoms with Crippen LogP contribution >= 0.6 is 0 Å². The smallest absolute Gasteiger partial charge is 0.282 e. The van der Waals surface area contributed by atoms with E-state index in [-0.39, 0.29) is 17.2 Å². The third-order valence-electron chi connectivity index (χ3n) is 4.08. The lowest BCUT2D eigenvalue weighted by atomic mass is 9.99. The summed E-state index contributed by atoms with van der Waals surface area (Å²) < 4.78 is 0. The number of amides is 1. The molecule has 22 heavy (non-hydrogen) atoms. The molecule has 0 bridgehead atoms. The normalized spacial score (nSPS) is 17.5. The molecular weight excluding hydrogens is 280 g/mol. The molecule has 0 aliphatic carbocycles. The number of benzene rings is 2. The minimum atomic E-state index is -0.502. The van der Waals surface area contributed by atoms with Crippen LogP contribution in [0.3, 0.4) is 0 Å². The Bertz CT molecular complexity index is 700. The molecule has 0 radical (unpaired) electrons. The standard InChI is InChI=1S/C17H16N2O3/c20-17(15-8-4-5-9-16(15)19(21)22)18-11-10-14(12-18)13-6-2-1-3-7-13/h1-9,14H,10-12H2. The van der Waals surface area contributed by atoms with Crippen LogP contribution in [0.1, 0.15) is 28.3 Å². The van der Waals surface area contributed by atoms with Crippen molar-refractivity contribution in [1.82, 2.24) is 4.90 Å². The van der Waals surface area contributed by atoms with Crippen LogP contribution in [0, 0.1) is 10.1 Å². The summed E-state index contributed by atoms with van der Waals surface area (Å²) in [7, 11) is 0. The molecule has 3 rings (SSSR count). The Hall–Kier alpha value is -2.69. The van der Waals surface area contributed by atoms with E-state index in [0.717, 1.165) is 6.42 Å². The van der Waals surface area contributed by atoms with Gasteiger partial charge in [-0.3, -0.25) is 14.9 Å². The first-order valence-electron chi connectivity index (χ1n) is 7.24. The van der Waals surface area contributed by atoms with Gasteiger partial charge in [-0.1, -0.05) is 42.5 Å². The highest BCUT2D eigenvalue weighted by Gasteiger charge is 2.30. The summed E-state index contributed by atoms with van der Waals surface area (Å²) >= 11 is 0. The zero-order valence-corrected chi connectivity index (χ0v) is 12.0. The number of carbonyl (C=O) groups excluding carboxylic acids is 1. The number of carbonyl (C=O) groups is 1. The van der Waals surface area contributed by atoms with E-state index < -0.39 is 4.92 Å². The lowest BCUT2D eigenvalue weighted by Gasteiger charge is -2.16. The second-order valence-corrected chi connectivity index (χ2v) is 5.42. The van der Waals surface area contributed by atoms with Gasteiger partial charge in [0.05, 0.1) is 4.92 Å². The lowest BCUT2D eigenvalue weighted by Crippen LogP contribution is -2.29. The fourth-order valence-electron chi connectivity index (χ4n) is 2.93. The van der Waals surface area contributed by atoms with Crippen LogP contribution in [0.4, 0.5) is 5.69 Å². The van der Waals surface area contributed by atoms with Gasteiger partial charge in [0.25, 0.3) is 11.6 Å². The molecular formula is C17H16N2O3. The van der Waals surface area contributed by atoms with Gasteiger partial charge in [-0.25, -0.2) is 0 Å². The Morgan fingerprint density at radius 2 is 1.77 bits per heavy atom. The first-order valence-corrected chi connectivity index (χ1v) is 7.24. The van der Waals surface area contributed by atoms with Crippen molar-refractivity contribution in [2.75, 3.05) is 13.1 Å². The number of rotatable bonds is 3. The average molecular weight is 296 g/mol. The summed E-state index contributed by atoms with van der Waals surface area (Å²) in [5, 5.41) is 11.1. The van der Waals surface area contributed by atoms with Crippen molar-refractivity contribution in [1.29, 1.82) is 0 Å². The molecule has 1 heterocycles. The molecule has 0 spiro atoms. The van der Waals surface area contributed by atoms with Crippen LogP contribution in [-0.4, -0.2) is 28.8 Å². The third kappa shape index (κ3) is 2.70. The maximum atomic E-state index is 12.6. The molecule has 0 aromatic heterocycles. The van der Waals surface area contributed by atoms with E-state index in [1.807, 2.05) is 18.2 Å². The molecule has 5 heteroatoms. The van der Waals surface area contributed by atoms with E-state index in [4.69, 9.17) is 0 Å². The highest BCUT2D eigenvalue weighted by molar-refractivity contribution is 5.98. The summed E-state index contributed by atoms with van der Waals surface area (Å²) in [6, 6.07) is 16.2. The SMILES string of the molecule is O=C(c1ccccc1[N+](=O)[O-])N1CCC(c2ccccc2)C1. The highest BCUT2D eigenvalue weighted by atomic mass is 16.6. The predicted molar refractivity (Wildman–Crippen MR) is 82.8 cm³/mol. The van der Waals surface area contributed by atoms with Gasteiger partial charge in [0, 0.05) is 25.1 Å². The molecule has 1 saturated heterocycles. The lowest BCUT2D eigenvalue weighted by molar-refractivity contribution is -0.385. The van der Waals surface area contributed by atoms with Crippen molar-refractivity contribution >= 4 is 11.6 Å². The Morgan fingerprint density at radius 1 is 1.09 bits per heavy atom. The first-order chi connectivity index (χ1) is 10.7. The molecule has 1 unspecified atom stereocenters. The molecule has 0 saturated carbocycles. The van der Waals surface area contributed by atoms with Gasteiger partial charge in [-0.15, -0.1) is 0 Å². The van der Waals surface area contributed by atoms with Gasteiger partial charge in [-0.2, -0.15) is 0 Å². The van der Waals surface area contributed by atoms with E-state index in [1.165, 1.54) is 17.7 Å². The van der Waals surface area contributed by atoms with Gasteiger partial charge < -0.3 is 4.90 Å². The van der Waals surface area contributed by atoms with Gasteiger partial charge in [-0.05, 0) is 18.1 Å². The average Bonchev–Trinajstić information content (AvgIpc) is 3.05. The van der Waals surface area contributed by atoms with Crippen LogP contribution < -0.4 is 0 Å². The second kappa shape index (κ2) is 5.97. The Balaban J connectivity index is 1.79. The molecule has 2 aromatic carbocycles. The van der Waals surface area contributed by atoms with Crippen molar-refractivity contribution < 1.29 is 9.72 Å². The Morgan fingerprint density at radius 3 is 2.50 bits per heavy atom. The molecule has 1 aliphatic rings. The van der Waals surface area contributed by atoms with Gasteiger partial charge in [0.1, 0.15) is 5.56 Å². The third-order valence-corrected chi connectivity index (χ3v) is 4.08. The summed E-state index contributed by atoms with van der Waals surface area (Å²) in [4.78, 5) is 24.8. The van der Waals surface area contributed by atoms with Crippen molar-refractivity contribution in [2.24, 2.45) is 0 Å². The maximum Gasteiger partial charge on any atom is 0.282 e. The van der Waals surface area contributed by atoms with E-state index in [9.17, 15) is 14.9 Å². The van der Waals surface area contributed by atoms with Crippen LogP contribution in [-0.2, 0) is 0 Å². The summed E-state index contributed by atoms with van der Waals surface area (Å²) in [5.41, 5.74) is 1.25. The van der Waals surface area contributed by atoms with Crippen LogP contribution in [0.5, 0.6) is 0 Å². The fraction of sp³-hybridized carbons (Fsp3) is 0.235. The van der Waals surface area contributed by atoms with Gasteiger partial charge >= 0.3 is 0 Å². The number of para-hydroxylation sites is 1. The quantitative estimate of drug-likeness (QED) is 0.645. The van der Waals surface area contributed by atoms with Crippen molar-refractivity contribution in [3.63, 3.8) is 0 Å². The summed E-state index contributed by atoms with van der Waals surface area (Å²) in [6.07, 6.45) is 0.885. The van der Waals surface area contributed by atoms with Crippen molar-refractivity contribution in [2.45, 2.75) is 12.3 Å². The Kier molecular flexibility index (Phi) is 3.87. The van der Waals surface area contributed by atoms with E-state index >= 15 is 0 Å². The number of nitrogens with zero attached hydrogens (tertiary/aromatic N) is 2. The minimum absolute atomic E-state index is 0.129. The molecule has 1 fully saturated rings. The molecule has 1 aliphatic heterocycles. The molecule has 1 amide bonds. The van der Waals surface area contributed by atoms with Gasteiger partial charge in [0.2, 0.25) is 0 Å². The Labute approximate surface area is 128 Å². The summed E-state index contributed by atoms with van der Waals surface area (Å²) in [5.74, 6) is 0.0404. The number of nitro benzene ring substituents is 1. The predicted octanol–water partition coefficient (Wildman–Crippen LogP) is 3.22. The molecule has 112 valence electrons. The number of hydrogen-bond acceptors (Lipinski definition) is 3. The minimum Gasteiger partial charge on any atom is -0.338 e. The molecule has 2 aromatic rings. The number of nitro groups is 1. The van der Waals surface area contributed by atoms with Crippen molar-refractivity contribution in [3.8, 4) is 0 Å². The van der Waals surface area contributed by atoms with Crippen molar-refractivity contribution in [3.05, 3.63) is 75.8 Å². The topological polar surface area (TPSA) is 63.4 Å². The molecule has 1 atom stereocenters. The zero-order valence-electron chi connectivity index (χ0n) is 12.0.